The van der Waals surface area contributed by atoms with Crippen LogP contribution in [0.15, 0.2) is 18.2 Å². The molecule has 0 aliphatic rings. The molecular weight excluding hydrogens is 257 g/mol. The van der Waals surface area contributed by atoms with Crippen molar-refractivity contribution in [2.75, 3.05) is 0 Å². The Morgan fingerprint density at radius 2 is 2.18 bits per heavy atom. The topological polar surface area (TPSA) is 63.3 Å². The quantitative estimate of drug-likeness (QED) is 0.745. The summed E-state index contributed by atoms with van der Waals surface area (Å²) >= 11 is 1.98. The van der Waals surface area contributed by atoms with Crippen LogP contribution in [0.2, 0.25) is 0 Å². The molecule has 3 N–H and O–H groups in total. The number of benzene rings is 1. The summed E-state index contributed by atoms with van der Waals surface area (Å²) in [7, 11) is 0. The third kappa shape index (κ3) is 1.83. The van der Waals surface area contributed by atoms with Gasteiger partial charge >= 0.3 is 0 Å². The lowest BCUT2D eigenvalue weighted by molar-refractivity contribution is 0.0999. The normalized spacial score (nSPS) is 9.55. The first kappa shape index (κ1) is 8.32. The van der Waals surface area contributed by atoms with Crippen molar-refractivity contribution in [2.24, 2.45) is 5.73 Å². The maximum absolute atomic E-state index is 10.7. The van der Waals surface area contributed by atoms with Gasteiger partial charge in [0.05, 0.1) is 5.56 Å². The highest BCUT2D eigenvalue weighted by Crippen LogP contribution is 2.17. The second kappa shape index (κ2) is 3.08. The monoisotopic (exact) mass is 263 g/mol. The van der Waals surface area contributed by atoms with Crippen LogP contribution in [0, 0.1) is 3.57 Å². The highest BCUT2D eigenvalue weighted by atomic mass is 127. The highest BCUT2D eigenvalue weighted by molar-refractivity contribution is 14.1. The molecule has 0 aliphatic carbocycles. The van der Waals surface area contributed by atoms with Crippen molar-refractivity contribution in [1.29, 1.82) is 0 Å². The Kier molecular flexibility index (Phi) is 2.33. The number of carbonyl (C=O) groups is 1. The minimum Gasteiger partial charge on any atom is -0.508 e. The van der Waals surface area contributed by atoms with E-state index in [-0.39, 0.29) is 5.75 Å². The van der Waals surface area contributed by atoms with E-state index in [1.54, 1.807) is 6.07 Å². The van der Waals surface area contributed by atoms with Crippen LogP contribution in [-0.2, 0) is 0 Å². The van der Waals surface area contributed by atoms with Gasteiger partial charge in [0, 0.05) is 3.57 Å². The molecule has 3 nitrogen and oxygen atoms in total. The Balaban J connectivity index is 3.23. The minimum atomic E-state index is -0.523. The number of hydrogen-bond acceptors (Lipinski definition) is 2. The van der Waals surface area contributed by atoms with Crippen molar-refractivity contribution >= 4 is 28.5 Å². The Labute approximate surface area is 77.4 Å². The number of nitrogens with two attached hydrogens (primary N) is 1. The fourth-order valence-electron chi connectivity index (χ4n) is 0.702. The van der Waals surface area contributed by atoms with E-state index in [0.717, 1.165) is 3.57 Å². The van der Waals surface area contributed by atoms with Gasteiger partial charge in [-0.25, -0.2) is 0 Å². The summed E-state index contributed by atoms with van der Waals surface area (Å²) < 4.78 is 0.743. The van der Waals surface area contributed by atoms with Crippen LogP contribution in [0.3, 0.4) is 0 Å². The number of hydrogen-bond donors (Lipinski definition) is 2. The predicted octanol–water partition coefficient (Wildman–Crippen LogP) is 1.10. The average molecular weight is 263 g/mol. The fraction of sp³-hybridized carbons (Fsp3) is 0. The van der Waals surface area contributed by atoms with E-state index < -0.39 is 5.91 Å². The van der Waals surface area contributed by atoms with Gasteiger partial charge in [-0.05, 0) is 40.8 Å². The fourth-order valence-corrected chi connectivity index (χ4v) is 1.30. The Morgan fingerprint density at radius 1 is 1.55 bits per heavy atom. The van der Waals surface area contributed by atoms with Gasteiger partial charge < -0.3 is 10.8 Å². The number of primary amides is 1. The molecule has 58 valence electrons. The van der Waals surface area contributed by atoms with Crippen LogP contribution in [0.4, 0.5) is 0 Å². The van der Waals surface area contributed by atoms with E-state index >= 15 is 0 Å². The molecule has 4 heteroatoms. The molecule has 0 aromatic heterocycles. The van der Waals surface area contributed by atoms with E-state index in [0.29, 0.717) is 5.56 Å². The third-order valence-corrected chi connectivity index (χ3v) is 2.16. The number of aromatic hydroxyl groups is 1. The molecule has 0 fully saturated rings. The van der Waals surface area contributed by atoms with Crippen LogP contribution in [0.1, 0.15) is 10.4 Å². The minimum absolute atomic E-state index is 0.0548. The lowest BCUT2D eigenvalue weighted by atomic mass is 10.2. The Hall–Kier alpha value is -0.780. The van der Waals surface area contributed by atoms with Gasteiger partial charge in [0.15, 0.2) is 0 Å². The molecule has 0 saturated carbocycles. The van der Waals surface area contributed by atoms with E-state index in [9.17, 15) is 4.79 Å². The van der Waals surface area contributed by atoms with Gasteiger partial charge in [0.25, 0.3) is 0 Å². The van der Waals surface area contributed by atoms with Crippen molar-refractivity contribution in [3.8, 4) is 5.75 Å². The number of carbonyl (C=O) groups excluding carboxylic acids is 1. The van der Waals surface area contributed by atoms with Gasteiger partial charge in [-0.3, -0.25) is 4.79 Å². The molecule has 1 rings (SSSR count). The second-order valence-corrected chi connectivity index (χ2v) is 3.19. The van der Waals surface area contributed by atoms with Crippen molar-refractivity contribution in [3.63, 3.8) is 0 Å². The van der Waals surface area contributed by atoms with Gasteiger partial charge in [-0.15, -0.1) is 0 Å². The van der Waals surface area contributed by atoms with Crippen molar-refractivity contribution < 1.29 is 9.90 Å². The summed E-state index contributed by atoms with van der Waals surface area (Å²) in [4.78, 5) is 10.7. The van der Waals surface area contributed by atoms with Crippen LogP contribution in [0.5, 0.6) is 5.75 Å². The summed E-state index contributed by atoms with van der Waals surface area (Å²) in [5.74, 6) is -0.468. The van der Waals surface area contributed by atoms with Gasteiger partial charge in [0.1, 0.15) is 5.75 Å². The van der Waals surface area contributed by atoms with E-state index in [1.165, 1.54) is 12.1 Å². The molecule has 1 aromatic carbocycles. The molecular formula is C7H6INO2. The van der Waals surface area contributed by atoms with Crippen LogP contribution in [0.25, 0.3) is 0 Å². The maximum atomic E-state index is 10.7. The second-order valence-electron chi connectivity index (χ2n) is 2.03. The van der Waals surface area contributed by atoms with Gasteiger partial charge in [0.2, 0.25) is 5.91 Å². The van der Waals surface area contributed by atoms with Crippen LogP contribution >= 0.6 is 22.6 Å². The summed E-state index contributed by atoms with van der Waals surface area (Å²) in [6.07, 6.45) is 0. The van der Waals surface area contributed by atoms with Crippen molar-refractivity contribution in [2.45, 2.75) is 0 Å². The van der Waals surface area contributed by atoms with E-state index in [1.807, 2.05) is 22.6 Å². The van der Waals surface area contributed by atoms with Gasteiger partial charge in [-0.1, -0.05) is 0 Å². The first-order chi connectivity index (χ1) is 5.11. The SMILES string of the molecule is NC(=O)c1cc(O)ccc1I. The Morgan fingerprint density at radius 3 is 2.64 bits per heavy atom. The molecule has 0 aliphatic heterocycles. The molecule has 0 unspecified atom stereocenters. The van der Waals surface area contributed by atoms with Crippen molar-refractivity contribution in [1.82, 2.24) is 0 Å². The molecule has 0 bridgehead atoms. The summed E-state index contributed by atoms with van der Waals surface area (Å²) in [5.41, 5.74) is 5.38. The number of phenolic OH excluding ortho intramolecular Hbond substituents is 1. The summed E-state index contributed by atoms with van der Waals surface area (Å²) in [5, 5.41) is 8.98. The third-order valence-electron chi connectivity index (χ3n) is 1.22. The lowest BCUT2D eigenvalue weighted by Gasteiger charge is -1.98. The number of rotatable bonds is 1. The number of amides is 1. The lowest BCUT2D eigenvalue weighted by Crippen LogP contribution is -2.12. The zero-order valence-corrected chi connectivity index (χ0v) is 7.70. The zero-order chi connectivity index (χ0) is 8.43. The molecule has 0 saturated heterocycles. The highest BCUT2D eigenvalue weighted by Gasteiger charge is 2.05. The molecule has 0 radical (unpaired) electrons. The summed E-state index contributed by atoms with van der Waals surface area (Å²) in [6.45, 7) is 0. The molecule has 0 spiro atoms. The first-order valence-corrected chi connectivity index (χ1v) is 3.97. The molecule has 1 aromatic rings. The summed E-state index contributed by atoms with van der Waals surface area (Å²) in [6, 6.07) is 4.49. The van der Waals surface area contributed by atoms with E-state index in [2.05, 4.69) is 0 Å². The molecule has 0 atom stereocenters. The van der Waals surface area contributed by atoms with Gasteiger partial charge in [-0.2, -0.15) is 0 Å². The largest absolute Gasteiger partial charge is 0.508 e. The Bertz CT molecular complexity index is 298. The maximum Gasteiger partial charge on any atom is 0.249 e. The average Bonchev–Trinajstić information content (AvgIpc) is 1.94. The molecule has 11 heavy (non-hydrogen) atoms. The standard InChI is InChI=1S/C7H6INO2/c8-6-2-1-4(10)3-5(6)7(9)11/h1-3,10H,(H2,9,11). The van der Waals surface area contributed by atoms with Crippen LogP contribution < -0.4 is 5.73 Å². The zero-order valence-electron chi connectivity index (χ0n) is 5.54. The number of phenols is 1. The molecule has 0 heterocycles. The van der Waals surface area contributed by atoms with E-state index in [4.69, 9.17) is 10.8 Å². The van der Waals surface area contributed by atoms with Crippen LogP contribution in [-0.4, -0.2) is 11.0 Å². The smallest absolute Gasteiger partial charge is 0.249 e. The number of halogens is 1. The first-order valence-electron chi connectivity index (χ1n) is 2.89. The van der Waals surface area contributed by atoms with Crippen molar-refractivity contribution in [3.05, 3.63) is 27.3 Å². The predicted molar refractivity (Wildman–Crippen MR) is 49.3 cm³/mol. The molecule has 1 amide bonds.